The van der Waals surface area contributed by atoms with Gasteiger partial charge in [-0.3, -0.25) is 9.59 Å². The summed E-state index contributed by atoms with van der Waals surface area (Å²) < 4.78 is 4.88. The van der Waals surface area contributed by atoms with Crippen molar-refractivity contribution in [2.75, 3.05) is 19.7 Å². The number of hydrogen-bond donors (Lipinski definition) is 1. The molecule has 0 unspecified atom stereocenters. The third-order valence-corrected chi connectivity index (χ3v) is 2.94. The molecule has 1 fully saturated rings. The van der Waals surface area contributed by atoms with Crippen molar-refractivity contribution in [3.8, 4) is 0 Å². The van der Waals surface area contributed by atoms with Crippen molar-refractivity contribution in [3.05, 3.63) is 0 Å². The van der Waals surface area contributed by atoms with Gasteiger partial charge in [-0.25, -0.2) is 0 Å². The third-order valence-electron chi connectivity index (χ3n) is 2.94. The molecule has 2 N–H and O–H groups in total. The summed E-state index contributed by atoms with van der Waals surface area (Å²) in [6.07, 6.45) is 1.93. The quantitative estimate of drug-likeness (QED) is 0.689. The van der Waals surface area contributed by atoms with Crippen molar-refractivity contribution in [3.63, 3.8) is 0 Å². The minimum absolute atomic E-state index is 0.0424. The van der Waals surface area contributed by atoms with Crippen molar-refractivity contribution in [2.45, 2.75) is 39.7 Å². The van der Waals surface area contributed by atoms with E-state index in [9.17, 15) is 9.59 Å². The van der Waals surface area contributed by atoms with Gasteiger partial charge in [-0.2, -0.15) is 0 Å². The average molecular weight is 242 g/mol. The lowest BCUT2D eigenvalue weighted by Crippen LogP contribution is -2.47. The molecular weight excluding hydrogens is 220 g/mol. The zero-order valence-electron chi connectivity index (χ0n) is 10.9. The molecule has 0 aromatic rings. The summed E-state index contributed by atoms with van der Waals surface area (Å²) in [5.41, 5.74) is 4.98. The Bertz CT molecular complexity index is 298. The van der Waals surface area contributed by atoms with Gasteiger partial charge in [0.15, 0.2) is 0 Å². The lowest BCUT2D eigenvalue weighted by Gasteiger charge is -2.30. The van der Waals surface area contributed by atoms with Gasteiger partial charge in [-0.15, -0.1) is 0 Å². The summed E-state index contributed by atoms with van der Waals surface area (Å²) in [5.74, 6) is -0.406. The molecule has 0 aliphatic heterocycles. The molecule has 0 atom stereocenters. The standard InChI is InChI=1S/C12H22N2O3/c1-4-17-10(15)7-14(9-5-6-9)11(16)12(2,3)8-13/h9H,4-8,13H2,1-3H3. The fourth-order valence-corrected chi connectivity index (χ4v) is 1.57. The van der Waals surface area contributed by atoms with Crippen molar-refractivity contribution in [1.82, 2.24) is 4.90 Å². The molecule has 1 aliphatic rings. The first-order valence-electron chi connectivity index (χ1n) is 6.09. The molecule has 98 valence electrons. The van der Waals surface area contributed by atoms with E-state index in [-0.39, 0.29) is 31.0 Å². The van der Waals surface area contributed by atoms with Crippen LogP contribution >= 0.6 is 0 Å². The Kier molecular flexibility index (Phi) is 4.51. The lowest BCUT2D eigenvalue weighted by atomic mass is 9.91. The predicted octanol–water partition coefficient (Wildman–Crippen LogP) is 0.525. The van der Waals surface area contributed by atoms with Crippen molar-refractivity contribution >= 4 is 11.9 Å². The van der Waals surface area contributed by atoms with Crippen LogP contribution in [0.1, 0.15) is 33.6 Å². The number of carbonyl (C=O) groups is 2. The minimum Gasteiger partial charge on any atom is -0.465 e. The van der Waals surface area contributed by atoms with Gasteiger partial charge in [0.05, 0.1) is 12.0 Å². The SMILES string of the molecule is CCOC(=O)CN(C(=O)C(C)(C)CN)C1CC1. The molecule has 5 heteroatoms. The molecule has 1 amide bonds. The Morgan fingerprint density at radius 2 is 2.00 bits per heavy atom. The number of hydrogen-bond acceptors (Lipinski definition) is 4. The summed E-state index contributed by atoms with van der Waals surface area (Å²) in [6.45, 7) is 6.02. The van der Waals surface area contributed by atoms with Crippen LogP contribution in [0.25, 0.3) is 0 Å². The molecule has 0 aromatic carbocycles. The van der Waals surface area contributed by atoms with Gasteiger partial charge in [0.2, 0.25) is 5.91 Å². The van der Waals surface area contributed by atoms with E-state index < -0.39 is 5.41 Å². The lowest BCUT2D eigenvalue weighted by molar-refractivity contribution is -0.152. The number of rotatable bonds is 6. The van der Waals surface area contributed by atoms with E-state index >= 15 is 0 Å². The summed E-state index contributed by atoms with van der Waals surface area (Å²) in [4.78, 5) is 25.3. The Morgan fingerprint density at radius 1 is 1.41 bits per heavy atom. The van der Waals surface area contributed by atoms with Crippen LogP contribution in [0.2, 0.25) is 0 Å². The number of carbonyl (C=O) groups excluding carboxylic acids is 2. The van der Waals surface area contributed by atoms with E-state index in [1.54, 1.807) is 25.7 Å². The van der Waals surface area contributed by atoms with Crippen LogP contribution in [-0.2, 0) is 14.3 Å². The van der Waals surface area contributed by atoms with Crippen LogP contribution in [0.4, 0.5) is 0 Å². The second-order valence-corrected chi connectivity index (χ2v) is 5.06. The molecule has 0 spiro atoms. The highest BCUT2D eigenvalue weighted by Crippen LogP contribution is 2.30. The average Bonchev–Trinajstić information content (AvgIpc) is 3.09. The molecular formula is C12H22N2O3. The molecule has 5 nitrogen and oxygen atoms in total. The Balaban J connectivity index is 2.66. The number of nitrogens with two attached hydrogens (primary N) is 1. The van der Waals surface area contributed by atoms with Gasteiger partial charge < -0.3 is 15.4 Å². The van der Waals surface area contributed by atoms with E-state index in [0.29, 0.717) is 6.61 Å². The highest BCUT2D eigenvalue weighted by Gasteiger charge is 2.40. The zero-order chi connectivity index (χ0) is 13.1. The number of nitrogens with zero attached hydrogens (tertiary/aromatic N) is 1. The van der Waals surface area contributed by atoms with Gasteiger partial charge in [0.25, 0.3) is 0 Å². The van der Waals surface area contributed by atoms with Gasteiger partial charge >= 0.3 is 5.97 Å². The minimum atomic E-state index is -0.616. The first-order chi connectivity index (χ1) is 7.92. The van der Waals surface area contributed by atoms with E-state index in [4.69, 9.17) is 10.5 Å². The van der Waals surface area contributed by atoms with Crippen molar-refractivity contribution in [1.29, 1.82) is 0 Å². The summed E-state index contributed by atoms with van der Waals surface area (Å²) in [5, 5.41) is 0. The van der Waals surface area contributed by atoms with Crippen LogP contribution in [0.5, 0.6) is 0 Å². The highest BCUT2D eigenvalue weighted by molar-refractivity contribution is 5.86. The third kappa shape index (κ3) is 3.70. The number of ether oxygens (including phenoxy) is 1. The number of amides is 1. The maximum Gasteiger partial charge on any atom is 0.325 e. The highest BCUT2D eigenvalue weighted by atomic mass is 16.5. The van der Waals surface area contributed by atoms with Crippen LogP contribution < -0.4 is 5.73 Å². The Labute approximate surface area is 102 Å². The van der Waals surface area contributed by atoms with Gasteiger partial charge in [0.1, 0.15) is 6.54 Å². The molecule has 1 rings (SSSR count). The van der Waals surface area contributed by atoms with E-state index in [0.717, 1.165) is 12.8 Å². The molecule has 0 saturated heterocycles. The predicted molar refractivity (Wildman–Crippen MR) is 64.2 cm³/mol. The van der Waals surface area contributed by atoms with Crippen molar-refractivity contribution < 1.29 is 14.3 Å². The fraction of sp³-hybridized carbons (Fsp3) is 0.833. The maximum atomic E-state index is 12.3. The Morgan fingerprint density at radius 3 is 2.41 bits per heavy atom. The smallest absolute Gasteiger partial charge is 0.325 e. The Hall–Kier alpha value is -1.10. The summed E-state index contributed by atoms with van der Waals surface area (Å²) >= 11 is 0. The first kappa shape index (κ1) is 14.0. The summed E-state index contributed by atoms with van der Waals surface area (Å²) in [6, 6.07) is 0.192. The topological polar surface area (TPSA) is 72.6 Å². The molecule has 0 radical (unpaired) electrons. The zero-order valence-corrected chi connectivity index (χ0v) is 10.9. The van der Waals surface area contributed by atoms with E-state index in [1.165, 1.54) is 0 Å². The van der Waals surface area contributed by atoms with Crippen LogP contribution in [0, 0.1) is 5.41 Å². The second kappa shape index (κ2) is 5.49. The molecule has 0 bridgehead atoms. The molecule has 0 heterocycles. The normalized spacial score (nSPS) is 15.5. The monoisotopic (exact) mass is 242 g/mol. The molecule has 0 aromatic heterocycles. The first-order valence-corrected chi connectivity index (χ1v) is 6.09. The molecule has 1 aliphatic carbocycles. The van der Waals surface area contributed by atoms with E-state index in [1.807, 2.05) is 0 Å². The van der Waals surface area contributed by atoms with Crippen LogP contribution in [0.3, 0.4) is 0 Å². The largest absolute Gasteiger partial charge is 0.465 e. The van der Waals surface area contributed by atoms with Gasteiger partial charge in [-0.05, 0) is 33.6 Å². The number of esters is 1. The fourth-order valence-electron chi connectivity index (χ4n) is 1.57. The maximum absolute atomic E-state index is 12.3. The van der Waals surface area contributed by atoms with Gasteiger partial charge in [-0.1, -0.05) is 0 Å². The van der Waals surface area contributed by atoms with E-state index in [2.05, 4.69) is 0 Å². The molecule has 17 heavy (non-hydrogen) atoms. The second-order valence-electron chi connectivity index (χ2n) is 5.06. The van der Waals surface area contributed by atoms with Crippen molar-refractivity contribution in [2.24, 2.45) is 11.1 Å². The van der Waals surface area contributed by atoms with Crippen LogP contribution in [-0.4, -0.2) is 42.5 Å². The van der Waals surface area contributed by atoms with Crippen LogP contribution in [0.15, 0.2) is 0 Å². The summed E-state index contributed by atoms with van der Waals surface area (Å²) in [7, 11) is 0. The molecule has 1 saturated carbocycles. The van der Waals surface area contributed by atoms with Gasteiger partial charge in [0, 0.05) is 12.6 Å².